The molecular weight excluding hydrogens is 278 g/mol. The van der Waals surface area contributed by atoms with Crippen molar-refractivity contribution in [3.8, 4) is 0 Å². The van der Waals surface area contributed by atoms with Gasteiger partial charge in [-0.3, -0.25) is 14.6 Å². The highest BCUT2D eigenvalue weighted by molar-refractivity contribution is 5.97. The number of nitrogens with zero attached hydrogens (tertiary/aromatic N) is 1. The first-order chi connectivity index (χ1) is 10.5. The molecular formula is C17H17N3O2. The average molecular weight is 295 g/mol. The summed E-state index contributed by atoms with van der Waals surface area (Å²) in [6.07, 6.45) is 3.36. The van der Waals surface area contributed by atoms with Crippen molar-refractivity contribution < 1.29 is 9.59 Å². The van der Waals surface area contributed by atoms with Crippen molar-refractivity contribution in [1.82, 2.24) is 4.98 Å². The van der Waals surface area contributed by atoms with Crippen LogP contribution < -0.4 is 10.6 Å². The van der Waals surface area contributed by atoms with Crippen molar-refractivity contribution in [2.45, 2.75) is 13.3 Å². The zero-order valence-electron chi connectivity index (χ0n) is 12.3. The second-order valence-electron chi connectivity index (χ2n) is 4.83. The van der Waals surface area contributed by atoms with E-state index in [1.54, 1.807) is 30.5 Å². The lowest BCUT2D eigenvalue weighted by atomic mass is 10.1. The number of allylic oxidation sites excluding steroid dienone is 1. The number of amides is 1. The molecule has 0 unspecified atom stereocenters. The van der Waals surface area contributed by atoms with Crippen LogP contribution in [0.15, 0.2) is 61.1 Å². The van der Waals surface area contributed by atoms with Gasteiger partial charge >= 0.3 is 0 Å². The van der Waals surface area contributed by atoms with Gasteiger partial charge in [0.15, 0.2) is 5.78 Å². The highest BCUT2D eigenvalue weighted by atomic mass is 16.1. The van der Waals surface area contributed by atoms with Crippen molar-refractivity contribution in [2.75, 3.05) is 10.6 Å². The van der Waals surface area contributed by atoms with Crippen LogP contribution in [0.2, 0.25) is 0 Å². The molecule has 1 amide bonds. The van der Waals surface area contributed by atoms with Crippen LogP contribution in [0.25, 0.3) is 0 Å². The number of hydrogen-bond acceptors (Lipinski definition) is 4. The van der Waals surface area contributed by atoms with Gasteiger partial charge in [-0.25, -0.2) is 0 Å². The molecule has 0 radical (unpaired) electrons. The molecule has 1 aromatic heterocycles. The smallest absolute Gasteiger partial charge is 0.221 e. The number of nitrogens with one attached hydrogen (secondary N) is 2. The molecule has 0 spiro atoms. The van der Waals surface area contributed by atoms with Gasteiger partial charge in [-0.2, -0.15) is 0 Å². The van der Waals surface area contributed by atoms with E-state index >= 15 is 0 Å². The van der Waals surface area contributed by atoms with Gasteiger partial charge in [-0.1, -0.05) is 6.58 Å². The predicted octanol–water partition coefficient (Wildman–Crippen LogP) is 3.24. The maximum atomic E-state index is 12.0. The summed E-state index contributed by atoms with van der Waals surface area (Å²) in [4.78, 5) is 26.9. The molecule has 0 aliphatic rings. The number of carbonyl (C=O) groups excluding carboxylic acids is 2. The monoisotopic (exact) mass is 295 g/mol. The minimum Gasteiger partial charge on any atom is -0.359 e. The topological polar surface area (TPSA) is 71.1 Å². The fraction of sp³-hybridized carbons (Fsp3) is 0.118. The number of carbonyl (C=O) groups is 2. The highest BCUT2D eigenvalue weighted by Gasteiger charge is 2.08. The van der Waals surface area contributed by atoms with Gasteiger partial charge in [0.05, 0.1) is 6.42 Å². The largest absolute Gasteiger partial charge is 0.359 e. The fourth-order valence-corrected chi connectivity index (χ4v) is 1.91. The maximum Gasteiger partial charge on any atom is 0.221 e. The molecule has 0 bridgehead atoms. The number of aromatic nitrogens is 1. The Morgan fingerprint density at radius 1 is 1.09 bits per heavy atom. The molecule has 0 aliphatic heterocycles. The van der Waals surface area contributed by atoms with Crippen molar-refractivity contribution in [1.29, 1.82) is 0 Å². The molecule has 0 aliphatic carbocycles. The van der Waals surface area contributed by atoms with Crippen LogP contribution in [0.3, 0.4) is 0 Å². The number of anilines is 2. The molecule has 1 aromatic carbocycles. The SMILES string of the molecule is C=C(CC(=O)c1cccnc1)Nc1ccc(NC(C)=O)cc1. The molecule has 0 atom stereocenters. The third kappa shape index (κ3) is 4.56. The predicted molar refractivity (Wildman–Crippen MR) is 86.7 cm³/mol. The Kier molecular flexibility index (Phi) is 5.03. The first-order valence-corrected chi connectivity index (χ1v) is 6.80. The van der Waals surface area contributed by atoms with Gasteiger partial charge in [0.1, 0.15) is 0 Å². The normalized spacial score (nSPS) is 9.86. The Hall–Kier alpha value is -2.95. The maximum absolute atomic E-state index is 12.0. The van der Waals surface area contributed by atoms with Crippen LogP contribution in [-0.2, 0) is 4.79 Å². The first kappa shape index (κ1) is 15.4. The van der Waals surface area contributed by atoms with E-state index in [1.807, 2.05) is 12.1 Å². The van der Waals surface area contributed by atoms with E-state index in [9.17, 15) is 9.59 Å². The van der Waals surface area contributed by atoms with Crippen LogP contribution >= 0.6 is 0 Å². The summed E-state index contributed by atoms with van der Waals surface area (Å²) in [5.74, 6) is -0.160. The minimum absolute atomic E-state index is 0.0412. The van der Waals surface area contributed by atoms with E-state index in [0.29, 0.717) is 11.3 Å². The molecule has 2 aromatic rings. The third-order valence-electron chi connectivity index (χ3n) is 2.88. The number of ketones is 1. The summed E-state index contributed by atoms with van der Waals surface area (Å²) >= 11 is 0. The number of rotatable bonds is 6. The third-order valence-corrected chi connectivity index (χ3v) is 2.88. The van der Waals surface area contributed by atoms with Crippen LogP contribution in [-0.4, -0.2) is 16.7 Å². The Morgan fingerprint density at radius 2 is 1.73 bits per heavy atom. The molecule has 5 heteroatoms. The standard InChI is InChI=1S/C17H17N3O2/c1-12(10-17(22)14-4-3-9-18-11-14)19-15-5-7-16(8-6-15)20-13(2)21/h3-9,11,19H,1,10H2,2H3,(H,20,21). The Bertz CT molecular complexity index is 679. The first-order valence-electron chi connectivity index (χ1n) is 6.80. The average Bonchev–Trinajstić information content (AvgIpc) is 2.49. The second-order valence-corrected chi connectivity index (χ2v) is 4.83. The van der Waals surface area contributed by atoms with E-state index < -0.39 is 0 Å². The van der Waals surface area contributed by atoms with Crippen molar-refractivity contribution in [2.24, 2.45) is 0 Å². The molecule has 2 N–H and O–H groups in total. The van der Waals surface area contributed by atoms with Crippen LogP contribution in [0.1, 0.15) is 23.7 Å². The molecule has 0 saturated carbocycles. The number of benzene rings is 1. The molecule has 5 nitrogen and oxygen atoms in total. The summed E-state index contributed by atoms with van der Waals surface area (Å²) < 4.78 is 0. The van der Waals surface area contributed by atoms with Gasteiger partial charge in [0, 0.05) is 42.0 Å². The van der Waals surface area contributed by atoms with Crippen molar-refractivity contribution in [3.63, 3.8) is 0 Å². The van der Waals surface area contributed by atoms with Gasteiger partial charge in [-0.05, 0) is 36.4 Å². The summed E-state index contributed by atoms with van der Waals surface area (Å²) in [5.41, 5.74) is 2.68. The molecule has 0 saturated heterocycles. The Balaban J connectivity index is 1.92. The van der Waals surface area contributed by atoms with Crippen molar-refractivity contribution in [3.05, 3.63) is 66.6 Å². The van der Waals surface area contributed by atoms with Crippen LogP contribution in [0, 0.1) is 0 Å². The molecule has 1 heterocycles. The zero-order valence-corrected chi connectivity index (χ0v) is 12.3. The lowest BCUT2D eigenvalue weighted by Crippen LogP contribution is -2.07. The summed E-state index contributed by atoms with van der Waals surface area (Å²) in [6, 6.07) is 10.6. The lowest BCUT2D eigenvalue weighted by molar-refractivity contribution is -0.114. The van der Waals surface area contributed by atoms with Gasteiger partial charge in [-0.15, -0.1) is 0 Å². The van der Waals surface area contributed by atoms with E-state index in [2.05, 4.69) is 22.2 Å². The lowest BCUT2D eigenvalue weighted by Gasteiger charge is -2.10. The number of Topliss-reactive ketones (excluding diaryl/α,β-unsaturated/α-hetero) is 1. The highest BCUT2D eigenvalue weighted by Crippen LogP contribution is 2.16. The van der Waals surface area contributed by atoms with Gasteiger partial charge in [0.25, 0.3) is 0 Å². The second kappa shape index (κ2) is 7.17. The van der Waals surface area contributed by atoms with Crippen LogP contribution in [0.5, 0.6) is 0 Å². The molecule has 22 heavy (non-hydrogen) atoms. The minimum atomic E-state index is -0.118. The fourth-order valence-electron chi connectivity index (χ4n) is 1.91. The van der Waals surface area contributed by atoms with E-state index in [4.69, 9.17) is 0 Å². The van der Waals surface area contributed by atoms with Gasteiger partial charge < -0.3 is 10.6 Å². The van der Waals surface area contributed by atoms with Crippen molar-refractivity contribution >= 4 is 23.1 Å². The Morgan fingerprint density at radius 3 is 2.27 bits per heavy atom. The summed E-state index contributed by atoms with van der Waals surface area (Å²) in [6.45, 7) is 5.32. The quantitative estimate of drug-likeness (QED) is 0.803. The van der Waals surface area contributed by atoms with E-state index in [0.717, 1.165) is 11.4 Å². The summed E-state index contributed by atoms with van der Waals surface area (Å²) in [7, 11) is 0. The molecule has 2 rings (SSSR count). The Labute approximate surface area is 129 Å². The number of hydrogen-bond donors (Lipinski definition) is 2. The molecule has 0 fully saturated rings. The summed E-state index contributed by atoms with van der Waals surface area (Å²) in [5, 5.41) is 5.76. The number of pyridine rings is 1. The van der Waals surface area contributed by atoms with E-state index in [-0.39, 0.29) is 18.1 Å². The van der Waals surface area contributed by atoms with Crippen LogP contribution in [0.4, 0.5) is 11.4 Å². The van der Waals surface area contributed by atoms with Gasteiger partial charge in [0.2, 0.25) is 5.91 Å². The van der Waals surface area contributed by atoms with E-state index in [1.165, 1.54) is 13.1 Å². The molecule has 112 valence electrons. The zero-order chi connectivity index (χ0) is 15.9.